The average molecular weight is 246 g/mol. The zero-order valence-corrected chi connectivity index (χ0v) is 10.9. The fraction of sp³-hybridized carbons (Fsp3) is 0.600. The fourth-order valence-corrected chi connectivity index (χ4v) is 3.05. The van der Waals surface area contributed by atoms with Gasteiger partial charge in [0.2, 0.25) is 0 Å². The first-order valence-electron chi connectivity index (χ1n) is 7.02. The molecule has 98 valence electrons. The smallest absolute Gasteiger partial charge is 0.0597 e. The summed E-state index contributed by atoms with van der Waals surface area (Å²) in [6, 6.07) is 6.26. The highest BCUT2D eigenvalue weighted by Crippen LogP contribution is 2.25. The summed E-state index contributed by atoms with van der Waals surface area (Å²) in [6.45, 7) is 3.97. The van der Waals surface area contributed by atoms with Gasteiger partial charge in [0.1, 0.15) is 0 Å². The first kappa shape index (κ1) is 12.0. The first-order chi connectivity index (χ1) is 8.81. The van der Waals surface area contributed by atoms with Crippen molar-refractivity contribution in [2.24, 2.45) is 0 Å². The van der Waals surface area contributed by atoms with E-state index in [1.165, 1.54) is 36.8 Å². The minimum atomic E-state index is 0.533. The maximum atomic E-state index is 5.92. The van der Waals surface area contributed by atoms with E-state index in [1.807, 2.05) is 6.07 Å². The van der Waals surface area contributed by atoms with E-state index in [9.17, 15) is 0 Å². The Balaban J connectivity index is 1.46. The van der Waals surface area contributed by atoms with Gasteiger partial charge in [0.25, 0.3) is 0 Å². The summed E-state index contributed by atoms with van der Waals surface area (Å²) < 4.78 is 5.92. The van der Waals surface area contributed by atoms with Gasteiger partial charge in [-0.3, -0.25) is 4.90 Å². The second-order valence-electron chi connectivity index (χ2n) is 5.52. The molecule has 18 heavy (non-hydrogen) atoms. The topological polar surface area (TPSA) is 38.5 Å². The summed E-state index contributed by atoms with van der Waals surface area (Å²) in [5, 5.41) is 0. The summed E-state index contributed by atoms with van der Waals surface area (Å²) >= 11 is 0. The number of hydrogen-bond donors (Lipinski definition) is 1. The van der Waals surface area contributed by atoms with Crippen LogP contribution in [0.5, 0.6) is 0 Å². The monoisotopic (exact) mass is 246 g/mol. The molecule has 0 aromatic heterocycles. The summed E-state index contributed by atoms with van der Waals surface area (Å²) in [5.41, 5.74) is 9.50. The Hall–Kier alpha value is -1.06. The molecule has 0 amide bonds. The van der Waals surface area contributed by atoms with Crippen LogP contribution in [-0.4, -0.2) is 24.2 Å². The molecule has 0 saturated heterocycles. The Labute approximate surface area is 109 Å². The Kier molecular flexibility index (Phi) is 3.52. The van der Waals surface area contributed by atoms with Gasteiger partial charge in [-0.2, -0.15) is 0 Å². The van der Waals surface area contributed by atoms with Gasteiger partial charge in [-0.05, 0) is 36.1 Å². The van der Waals surface area contributed by atoms with Crippen molar-refractivity contribution in [2.75, 3.05) is 18.9 Å². The quantitative estimate of drug-likeness (QED) is 0.830. The van der Waals surface area contributed by atoms with Crippen LogP contribution < -0.4 is 5.73 Å². The van der Waals surface area contributed by atoms with E-state index < -0.39 is 0 Å². The summed E-state index contributed by atoms with van der Waals surface area (Å²) in [4.78, 5) is 2.44. The summed E-state index contributed by atoms with van der Waals surface area (Å²) in [7, 11) is 0. The molecule has 3 rings (SSSR count). The zero-order valence-electron chi connectivity index (χ0n) is 10.9. The van der Waals surface area contributed by atoms with Crippen molar-refractivity contribution in [3.63, 3.8) is 0 Å². The van der Waals surface area contributed by atoms with Crippen molar-refractivity contribution in [1.82, 2.24) is 4.90 Å². The van der Waals surface area contributed by atoms with E-state index in [-0.39, 0.29) is 0 Å². The minimum Gasteiger partial charge on any atom is -0.399 e. The molecule has 1 fully saturated rings. The fourth-order valence-electron chi connectivity index (χ4n) is 3.05. The molecule has 1 aliphatic heterocycles. The molecule has 0 radical (unpaired) electrons. The van der Waals surface area contributed by atoms with Gasteiger partial charge in [-0.1, -0.05) is 18.9 Å². The molecule has 0 unspecified atom stereocenters. The van der Waals surface area contributed by atoms with Gasteiger partial charge in [0.15, 0.2) is 0 Å². The normalized spacial score (nSPS) is 20.4. The number of anilines is 1. The van der Waals surface area contributed by atoms with Crippen LogP contribution in [0.15, 0.2) is 18.2 Å². The molecule has 0 spiro atoms. The SMILES string of the molecule is Nc1ccc2c(c1)CN(CCOC1CCCC1)C2. The van der Waals surface area contributed by atoms with Gasteiger partial charge in [0, 0.05) is 25.3 Å². The van der Waals surface area contributed by atoms with E-state index >= 15 is 0 Å². The van der Waals surface area contributed by atoms with Gasteiger partial charge in [0.05, 0.1) is 12.7 Å². The van der Waals surface area contributed by atoms with E-state index in [2.05, 4.69) is 17.0 Å². The third-order valence-corrected chi connectivity index (χ3v) is 4.08. The maximum absolute atomic E-state index is 5.92. The highest BCUT2D eigenvalue weighted by molar-refractivity contribution is 5.46. The maximum Gasteiger partial charge on any atom is 0.0597 e. The molecule has 3 heteroatoms. The molecule has 0 bridgehead atoms. The van der Waals surface area contributed by atoms with Crippen LogP contribution in [0.3, 0.4) is 0 Å². The standard InChI is InChI=1S/C15H22N2O/c16-14-6-5-12-10-17(11-13(12)9-14)7-8-18-15-3-1-2-4-15/h5-6,9,15H,1-4,7-8,10-11,16H2. The Morgan fingerprint density at radius 2 is 1.94 bits per heavy atom. The minimum absolute atomic E-state index is 0.533. The number of rotatable bonds is 4. The predicted octanol–water partition coefficient (Wildman–Crippen LogP) is 2.54. The lowest BCUT2D eigenvalue weighted by molar-refractivity contribution is 0.0412. The highest BCUT2D eigenvalue weighted by atomic mass is 16.5. The van der Waals surface area contributed by atoms with Crippen molar-refractivity contribution < 1.29 is 4.74 Å². The van der Waals surface area contributed by atoms with E-state index in [1.54, 1.807) is 0 Å². The highest BCUT2D eigenvalue weighted by Gasteiger charge is 2.20. The lowest BCUT2D eigenvalue weighted by Crippen LogP contribution is -2.23. The summed E-state index contributed by atoms with van der Waals surface area (Å²) in [5.74, 6) is 0. The third-order valence-electron chi connectivity index (χ3n) is 4.08. The molecule has 2 N–H and O–H groups in total. The van der Waals surface area contributed by atoms with Crippen molar-refractivity contribution in [3.05, 3.63) is 29.3 Å². The number of fused-ring (bicyclic) bond motifs is 1. The van der Waals surface area contributed by atoms with Gasteiger partial charge in [-0.25, -0.2) is 0 Å². The van der Waals surface area contributed by atoms with E-state index in [0.29, 0.717) is 6.10 Å². The average Bonchev–Trinajstić information content (AvgIpc) is 2.97. The van der Waals surface area contributed by atoms with Crippen LogP contribution >= 0.6 is 0 Å². The lowest BCUT2D eigenvalue weighted by atomic mass is 10.1. The number of nitrogen functional groups attached to an aromatic ring is 1. The van der Waals surface area contributed by atoms with Crippen LogP contribution in [0.2, 0.25) is 0 Å². The number of benzene rings is 1. The Morgan fingerprint density at radius 3 is 2.78 bits per heavy atom. The van der Waals surface area contributed by atoms with E-state index in [0.717, 1.165) is 31.9 Å². The van der Waals surface area contributed by atoms with Crippen molar-refractivity contribution >= 4 is 5.69 Å². The van der Waals surface area contributed by atoms with Crippen LogP contribution in [0, 0.1) is 0 Å². The largest absolute Gasteiger partial charge is 0.399 e. The number of hydrogen-bond acceptors (Lipinski definition) is 3. The molecular formula is C15H22N2O. The van der Waals surface area contributed by atoms with Crippen molar-refractivity contribution in [2.45, 2.75) is 44.9 Å². The zero-order chi connectivity index (χ0) is 12.4. The van der Waals surface area contributed by atoms with Crippen LogP contribution in [0.25, 0.3) is 0 Å². The van der Waals surface area contributed by atoms with E-state index in [4.69, 9.17) is 10.5 Å². The third kappa shape index (κ3) is 2.68. The molecule has 0 atom stereocenters. The second-order valence-corrected chi connectivity index (χ2v) is 5.52. The predicted molar refractivity (Wildman–Crippen MR) is 73.2 cm³/mol. The molecule has 1 aromatic carbocycles. The van der Waals surface area contributed by atoms with Crippen LogP contribution in [0.1, 0.15) is 36.8 Å². The molecule has 2 aliphatic rings. The second kappa shape index (κ2) is 5.29. The molecule has 1 saturated carbocycles. The summed E-state index contributed by atoms with van der Waals surface area (Å²) in [6.07, 6.45) is 5.75. The van der Waals surface area contributed by atoms with Gasteiger partial charge >= 0.3 is 0 Å². The molecule has 1 aromatic rings. The molecule has 3 nitrogen and oxygen atoms in total. The van der Waals surface area contributed by atoms with Crippen molar-refractivity contribution in [3.8, 4) is 0 Å². The Morgan fingerprint density at radius 1 is 1.17 bits per heavy atom. The molecule has 1 aliphatic carbocycles. The number of nitrogens with two attached hydrogens (primary N) is 1. The Bertz CT molecular complexity index is 413. The van der Waals surface area contributed by atoms with Gasteiger partial charge in [-0.15, -0.1) is 0 Å². The van der Waals surface area contributed by atoms with Crippen LogP contribution in [-0.2, 0) is 17.8 Å². The lowest BCUT2D eigenvalue weighted by Gasteiger charge is -2.17. The number of ether oxygens (including phenoxy) is 1. The molecular weight excluding hydrogens is 224 g/mol. The molecule has 1 heterocycles. The first-order valence-corrected chi connectivity index (χ1v) is 7.02. The van der Waals surface area contributed by atoms with Gasteiger partial charge < -0.3 is 10.5 Å². The van der Waals surface area contributed by atoms with Crippen LogP contribution in [0.4, 0.5) is 5.69 Å². The van der Waals surface area contributed by atoms with Crippen molar-refractivity contribution in [1.29, 1.82) is 0 Å². The number of nitrogens with zero attached hydrogens (tertiary/aromatic N) is 1.